The van der Waals surface area contributed by atoms with E-state index in [0.717, 1.165) is 6.20 Å². The molecule has 146 valence electrons. The van der Waals surface area contributed by atoms with E-state index in [9.17, 15) is 24.8 Å². The number of nitrogens with zero attached hydrogens (tertiary/aromatic N) is 4. The molecule has 2 heterocycles. The highest BCUT2D eigenvalue weighted by molar-refractivity contribution is 5.80. The van der Waals surface area contributed by atoms with Gasteiger partial charge in [-0.25, -0.2) is 19.6 Å². The molecular weight excluding hydrogens is 358 g/mol. The number of rotatable bonds is 6. The van der Waals surface area contributed by atoms with E-state index in [1.54, 1.807) is 32.4 Å². The minimum absolute atomic E-state index is 0.0633. The number of carboxylic acid groups (broad SMARTS) is 1. The maximum atomic E-state index is 11.8. The summed E-state index contributed by atoms with van der Waals surface area (Å²) in [4.78, 5) is 41.8. The Morgan fingerprint density at radius 3 is 2.67 bits per heavy atom. The third kappa shape index (κ3) is 5.12. The highest BCUT2D eigenvalue weighted by atomic mass is 16.6. The fraction of sp³-hybridized carbons (Fsp3) is 0.500. The van der Waals surface area contributed by atoms with Crippen LogP contribution in [0.1, 0.15) is 33.0 Å². The van der Waals surface area contributed by atoms with E-state index in [2.05, 4.69) is 15.3 Å². The molecule has 2 aromatic rings. The predicted molar refractivity (Wildman–Crippen MR) is 94.3 cm³/mol. The average Bonchev–Trinajstić information content (AvgIpc) is 2.85. The zero-order chi connectivity index (χ0) is 20.4. The molecule has 0 aliphatic rings. The van der Waals surface area contributed by atoms with Crippen molar-refractivity contribution in [1.29, 1.82) is 0 Å². The largest absolute Gasteiger partial charge is 0.480 e. The lowest BCUT2D eigenvalue weighted by Crippen LogP contribution is -2.43. The summed E-state index contributed by atoms with van der Waals surface area (Å²) in [6.45, 7) is 5.02. The van der Waals surface area contributed by atoms with E-state index in [1.165, 1.54) is 6.07 Å². The van der Waals surface area contributed by atoms with E-state index >= 15 is 0 Å². The summed E-state index contributed by atoms with van der Waals surface area (Å²) < 4.78 is 6.70. The fourth-order valence-corrected chi connectivity index (χ4v) is 2.42. The van der Waals surface area contributed by atoms with Crippen molar-refractivity contribution in [3.05, 3.63) is 28.2 Å². The van der Waals surface area contributed by atoms with Crippen LogP contribution in [0.5, 0.6) is 0 Å². The number of nitrogens with one attached hydrogen (secondary N) is 1. The molecular formula is C16H21N5O6. The number of carboxylic acids is 1. The Bertz CT molecular complexity index is 885. The fourth-order valence-electron chi connectivity index (χ4n) is 2.42. The van der Waals surface area contributed by atoms with Gasteiger partial charge < -0.3 is 19.7 Å². The van der Waals surface area contributed by atoms with Gasteiger partial charge in [-0.3, -0.25) is 10.1 Å². The zero-order valence-electron chi connectivity index (χ0n) is 15.4. The number of hydrogen-bond acceptors (Lipinski definition) is 7. The van der Waals surface area contributed by atoms with Crippen molar-refractivity contribution in [1.82, 2.24) is 19.9 Å². The lowest BCUT2D eigenvalue weighted by Gasteiger charge is -2.21. The highest BCUT2D eigenvalue weighted by Gasteiger charge is 2.24. The molecule has 0 saturated heterocycles. The van der Waals surface area contributed by atoms with Gasteiger partial charge in [-0.1, -0.05) is 0 Å². The van der Waals surface area contributed by atoms with Gasteiger partial charge in [-0.15, -0.1) is 0 Å². The van der Waals surface area contributed by atoms with Crippen LogP contribution in [0, 0.1) is 10.1 Å². The molecule has 11 nitrogen and oxygen atoms in total. The average molecular weight is 379 g/mol. The first-order valence-corrected chi connectivity index (χ1v) is 8.16. The molecule has 1 atom stereocenters. The van der Waals surface area contributed by atoms with Crippen LogP contribution >= 0.6 is 0 Å². The molecule has 2 rings (SSSR count). The molecule has 0 bridgehead atoms. The topological polar surface area (TPSA) is 149 Å². The van der Waals surface area contributed by atoms with Gasteiger partial charge >= 0.3 is 12.1 Å². The summed E-state index contributed by atoms with van der Waals surface area (Å²) in [6, 6.07) is 0.140. The second kappa shape index (κ2) is 7.56. The quantitative estimate of drug-likeness (QED) is 0.569. The van der Waals surface area contributed by atoms with Gasteiger partial charge in [0.05, 0.1) is 4.92 Å². The molecule has 2 N–H and O–H groups in total. The van der Waals surface area contributed by atoms with Crippen LogP contribution in [0.3, 0.4) is 0 Å². The third-order valence-corrected chi connectivity index (χ3v) is 3.64. The maximum absolute atomic E-state index is 11.8. The van der Waals surface area contributed by atoms with Crippen molar-refractivity contribution in [2.75, 3.05) is 0 Å². The Hall–Kier alpha value is -3.24. The van der Waals surface area contributed by atoms with Crippen LogP contribution in [0.25, 0.3) is 11.2 Å². The minimum atomic E-state index is -1.20. The van der Waals surface area contributed by atoms with Crippen LogP contribution in [-0.4, -0.2) is 48.3 Å². The number of carbonyl (C=O) groups is 2. The van der Waals surface area contributed by atoms with Crippen molar-refractivity contribution >= 4 is 28.9 Å². The molecule has 0 spiro atoms. The number of imidazole rings is 1. The third-order valence-electron chi connectivity index (χ3n) is 3.64. The Morgan fingerprint density at radius 1 is 1.44 bits per heavy atom. The summed E-state index contributed by atoms with van der Waals surface area (Å²) in [5.41, 5.74) is -0.135. The number of alkyl carbamates (subject to hydrolysis) is 1. The number of ether oxygens (including phenoxy) is 1. The van der Waals surface area contributed by atoms with Gasteiger partial charge in [0.2, 0.25) is 0 Å². The van der Waals surface area contributed by atoms with Gasteiger partial charge in [0, 0.05) is 19.5 Å². The Morgan fingerprint density at radius 2 is 2.11 bits per heavy atom. The highest BCUT2D eigenvalue weighted by Crippen LogP contribution is 2.19. The molecule has 0 fully saturated rings. The number of fused-ring (bicyclic) bond motifs is 1. The number of pyridine rings is 1. The van der Waals surface area contributed by atoms with Crippen LogP contribution in [0.4, 0.5) is 10.5 Å². The number of amides is 1. The van der Waals surface area contributed by atoms with E-state index < -0.39 is 28.6 Å². The first-order chi connectivity index (χ1) is 12.5. The maximum Gasteiger partial charge on any atom is 0.408 e. The smallest absolute Gasteiger partial charge is 0.408 e. The zero-order valence-corrected chi connectivity index (χ0v) is 15.4. The predicted octanol–water partition coefficient (Wildman–Crippen LogP) is 1.79. The van der Waals surface area contributed by atoms with Crippen LogP contribution in [-0.2, 0) is 23.0 Å². The molecule has 0 aromatic carbocycles. The molecule has 11 heteroatoms. The number of aryl methyl sites for hydroxylation is 2. The normalized spacial score (nSPS) is 12.6. The Kier molecular flexibility index (Phi) is 5.62. The van der Waals surface area contributed by atoms with Gasteiger partial charge in [-0.05, 0) is 27.2 Å². The summed E-state index contributed by atoms with van der Waals surface area (Å²) in [6.07, 6.45) is 0.594. The molecule has 0 radical (unpaired) electrons. The first kappa shape index (κ1) is 20.1. The second-order valence-electron chi connectivity index (χ2n) is 6.96. The van der Waals surface area contributed by atoms with Crippen molar-refractivity contribution in [2.45, 2.75) is 45.3 Å². The van der Waals surface area contributed by atoms with E-state index in [1.807, 2.05) is 0 Å². The number of hydrogen-bond donors (Lipinski definition) is 2. The molecule has 0 aliphatic heterocycles. The first-order valence-electron chi connectivity index (χ1n) is 8.16. The minimum Gasteiger partial charge on any atom is -0.480 e. The molecule has 2 aromatic heterocycles. The van der Waals surface area contributed by atoms with Gasteiger partial charge in [0.15, 0.2) is 5.65 Å². The van der Waals surface area contributed by atoms with Crippen LogP contribution < -0.4 is 5.32 Å². The lowest BCUT2D eigenvalue weighted by atomic mass is 10.1. The van der Waals surface area contributed by atoms with Gasteiger partial charge in [-0.2, -0.15) is 0 Å². The summed E-state index contributed by atoms with van der Waals surface area (Å²) in [7, 11) is 1.68. The Balaban J connectivity index is 2.12. The summed E-state index contributed by atoms with van der Waals surface area (Å²) in [5.74, 6) is -0.705. The van der Waals surface area contributed by atoms with Crippen molar-refractivity contribution in [2.24, 2.45) is 7.05 Å². The van der Waals surface area contributed by atoms with E-state index in [4.69, 9.17) is 4.74 Å². The number of aromatic nitrogens is 3. The second-order valence-corrected chi connectivity index (χ2v) is 6.96. The molecule has 27 heavy (non-hydrogen) atoms. The van der Waals surface area contributed by atoms with Gasteiger partial charge in [0.1, 0.15) is 29.2 Å². The van der Waals surface area contributed by atoms with Gasteiger partial charge in [0.25, 0.3) is 5.69 Å². The number of carbonyl (C=O) groups excluding carboxylic acids is 1. The summed E-state index contributed by atoms with van der Waals surface area (Å²) in [5, 5.41) is 22.5. The van der Waals surface area contributed by atoms with Crippen LogP contribution in [0.2, 0.25) is 0 Å². The summed E-state index contributed by atoms with van der Waals surface area (Å²) >= 11 is 0. The van der Waals surface area contributed by atoms with Crippen molar-refractivity contribution in [3.63, 3.8) is 0 Å². The SMILES string of the molecule is Cn1c(CC[C@H](NC(=O)OC(C)(C)C)C(=O)O)nc2cc([N+](=O)[O-])cnc21. The molecule has 0 unspecified atom stereocenters. The monoisotopic (exact) mass is 379 g/mol. The molecule has 0 saturated carbocycles. The molecule has 0 aliphatic carbocycles. The Labute approximate surface area is 154 Å². The standard InChI is InChI=1S/C16H21N5O6/c1-16(2,3)27-15(24)19-10(14(22)23)5-6-12-18-11-7-9(21(25)26)8-17-13(11)20(12)4/h7-8,10H,5-6H2,1-4H3,(H,19,24)(H,22,23)/t10-/m0/s1. The van der Waals surface area contributed by atoms with Crippen molar-refractivity contribution in [3.8, 4) is 0 Å². The van der Waals surface area contributed by atoms with Crippen molar-refractivity contribution < 1.29 is 24.4 Å². The number of aliphatic carboxylic acids is 1. The van der Waals surface area contributed by atoms with E-state index in [0.29, 0.717) is 17.0 Å². The lowest BCUT2D eigenvalue weighted by molar-refractivity contribution is -0.385. The van der Waals surface area contributed by atoms with Crippen LogP contribution in [0.15, 0.2) is 12.3 Å². The number of nitro groups is 1. The molecule has 1 amide bonds. The van der Waals surface area contributed by atoms with E-state index in [-0.39, 0.29) is 18.5 Å².